The second-order valence-corrected chi connectivity index (χ2v) is 8.37. The number of aryl methyl sites for hydroxylation is 1. The number of carbonyl (C=O) groups excluding carboxylic acids is 2. The van der Waals surface area contributed by atoms with Gasteiger partial charge in [-0.3, -0.25) is 9.59 Å². The Morgan fingerprint density at radius 2 is 1.87 bits per heavy atom. The van der Waals surface area contributed by atoms with E-state index in [1.165, 1.54) is 6.39 Å². The molecule has 0 spiro atoms. The van der Waals surface area contributed by atoms with Gasteiger partial charge in [0.15, 0.2) is 6.39 Å². The monoisotopic (exact) mass is 411 g/mol. The van der Waals surface area contributed by atoms with Crippen molar-refractivity contribution in [1.29, 1.82) is 0 Å². The lowest BCUT2D eigenvalue weighted by Gasteiger charge is -2.36. The number of aromatic nitrogens is 1. The summed E-state index contributed by atoms with van der Waals surface area (Å²) in [5, 5.41) is 0. The van der Waals surface area contributed by atoms with Crippen LogP contribution in [0, 0.1) is 24.7 Å². The first-order valence-corrected chi connectivity index (χ1v) is 10.7. The number of benzene rings is 1. The zero-order chi connectivity index (χ0) is 21.1. The normalized spacial score (nSPS) is 22.3. The number of oxazole rings is 1. The summed E-state index contributed by atoms with van der Waals surface area (Å²) in [5.41, 5.74) is 0.633. The van der Waals surface area contributed by atoms with Gasteiger partial charge in [0.2, 0.25) is 11.7 Å². The van der Waals surface area contributed by atoms with E-state index in [-0.39, 0.29) is 11.8 Å². The van der Waals surface area contributed by atoms with Crippen molar-refractivity contribution in [2.45, 2.75) is 26.7 Å². The first-order chi connectivity index (χ1) is 14.5. The van der Waals surface area contributed by atoms with Gasteiger partial charge in [0, 0.05) is 39.0 Å². The molecule has 0 N–H and O–H groups in total. The number of hydrogen-bond donors (Lipinski definition) is 0. The summed E-state index contributed by atoms with van der Waals surface area (Å²) >= 11 is 0. The Morgan fingerprint density at radius 3 is 2.50 bits per heavy atom. The van der Waals surface area contributed by atoms with Crippen LogP contribution in [0.25, 0.3) is 0 Å². The van der Waals surface area contributed by atoms with Crippen molar-refractivity contribution in [1.82, 2.24) is 14.8 Å². The van der Waals surface area contributed by atoms with Crippen LogP contribution in [0.5, 0.6) is 5.75 Å². The van der Waals surface area contributed by atoms with E-state index >= 15 is 0 Å². The van der Waals surface area contributed by atoms with Crippen LogP contribution < -0.4 is 4.74 Å². The molecule has 7 heteroatoms. The summed E-state index contributed by atoms with van der Waals surface area (Å²) in [6, 6.07) is 9.82. The minimum atomic E-state index is -0.0794. The summed E-state index contributed by atoms with van der Waals surface area (Å²) in [6.45, 7) is 6.95. The lowest BCUT2D eigenvalue weighted by atomic mass is 9.78. The van der Waals surface area contributed by atoms with Gasteiger partial charge in [-0.1, -0.05) is 18.2 Å². The zero-order valence-electron chi connectivity index (χ0n) is 17.6. The van der Waals surface area contributed by atoms with Crippen molar-refractivity contribution in [3.8, 4) is 5.75 Å². The summed E-state index contributed by atoms with van der Waals surface area (Å²) in [6.07, 6.45) is 3.18. The molecule has 0 radical (unpaired) electrons. The second-order valence-electron chi connectivity index (χ2n) is 8.37. The molecule has 0 unspecified atom stereocenters. The summed E-state index contributed by atoms with van der Waals surface area (Å²) < 4.78 is 11.3. The van der Waals surface area contributed by atoms with Crippen LogP contribution in [0.15, 0.2) is 41.1 Å². The Hall–Kier alpha value is -2.83. The van der Waals surface area contributed by atoms with Gasteiger partial charge >= 0.3 is 0 Å². The van der Waals surface area contributed by atoms with Crippen molar-refractivity contribution >= 4 is 11.8 Å². The molecular weight excluding hydrogens is 382 g/mol. The standard InChI is InChI=1S/C23H29N3O4/c1-16-22(30-15-24-16)23(28)25-10-8-18(9-11-25)21-13-26(17(2)27)12-19(21)14-29-20-6-4-3-5-7-20/h3-7,15,18-19,21H,8-14H2,1-2H3/t19-,21-/m0/s1. The Labute approximate surface area is 177 Å². The zero-order valence-corrected chi connectivity index (χ0v) is 17.6. The van der Waals surface area contributed by atoms with Crippen LogP contribution in [0.1, 0.15) is 36.0 Å². The number of piperidine rings is 1. The predicted molar refractivity (Wildman–Crippen MR) is 111 cm³/mol. The number of nitrogens with zero attached hydrogens (tertiary/aromatic N) is 3. The quantitative estimate of drug-likeness (QED) is 0.756. The molecule has 2 fully saturated rings. The highest BCUT2D eigenvalue weighted by Crippen LogP contribution is 2.36. The highest BCUT2D eigenvalue weighted by molar-refractivity contribution is 5.92. The van der Waals surface area contributed by atoms with E-state index < -0.39 is 0 Å². The fourth-order valence-corrected chi connectivity index (χ4v) is 4.77. The van der Waals surface area contributed by atoms with Crippen LogP contribution in [0.3, 0.4) is 0 Å². The molecule has 4 rings (SSSR count). The highest BCUT2D eigenvalue weighted by Gasteiger charge is 2.41. The van der Waals surface area contributed by atoms with Crippen molar-refractivity contribution < 1.29 is 18.7 Å². The molecule has 0 aliphatic carbocycles. The number of carbonyl (C=O) groups is 2. The maximum atomic E-state index is 12.7. The number of likely N-dealkylation sites (tertiary alicyclic amines) is 2. The van der Waals surface area contributed by atoms with Gasteiger partial charge in [-0.2, -0.15) is 0 Å². The van der Waals surface area contributed by atoms with Gasteiger partial charge in [0.25, 0.3) is 5.91 Å². The van der Waals surface area contributed by atoms with Gasteiger partial charge in [-0.05, 0) is 43.7 Å². The molecule has 3 heterocycles. The van der Waals surface area contributed by atoms with Crippen LogP contribution in [0.4, 0.5) is 0 Å². The lowest BCUT2D eigenvalue weighted by Crippen LogP contribution is -2.42. The maximum absolute atomic E-state index is 12.7. The average molecular weight is 412 g/mol. The molecule has 7 nitrogen and oxygen atoms in total. The Morgan fingerprint density at radius 1 is 1.13 bits per heavy atom. The largest absolute Gasteiger partial charge is 0.493 e. The summed E-state index contributed by atoms with van der Waals surface area (Å²) in [4.78, 5) is 32.5. The van der Waals surface area contributed by atoms with Crippen LogP contribution in [-0.2, 0) is 4.79 Å². The molecule has 2 aliphatic rings. The Balaban J connectivity index is 1.38. The predicted octanol–water partition coefficient (Wildman–Crippen LogP) is 3.01. The van der Waals surface area contributed by atoms with Gasteiger partial charge in [0.05, 0.1) is 12.3 Å². The number of para-hydroxylation sites is 1. The lowest BCUT2D eigenvalue weighted by molar-refractivity contribution is -0.128. The smallest absolute Gasteiger partial charge is 0.291 e. The SMILES string of the molecule is CC(=O)N1C[C@@H](COc2ccccc2)[C@H](C2CCN(C(=O)c3ocnc3C)CC2)C1. The molecule has 2 atom stereocenters. The van der Waals surface area contributed by atoms with Crippen LogP contribution in [-0.4, -0.2) is 59.4 Å². The van der Waals surface area contributed by atoms with E-state index in [1.54, 1.807) is 13.8 Å². The molecule has 30 heavy (non-hydrogen) atoms. The van der Waals surface area contributed by atoms with Gasteiger partial charge in [-0.15, -0.1) is 0 Å². The van der Waals surface area contributed by atoms with Gasteiger partial charge in [0.1, 0.15) is 5.75 Å². The Bertz CT molecular complexity index is 874. The fraction of sp³-hybridized carbons (Fsp3) is 0.522. The van der Waals surface area contributed by atoms with Crippen LogP contribution in [0.2, 0.25) is 0 Å². The van der Waals surface area contributed by atoms with Gasteiger partial charge in [-0.25, -0.2) is 4.98 Å². The van der Waals surface area contributed by atoms with Crippen molar-refractivity contribution in [3.63, 3.8) is 0 Å². The van der Waals surface area contributed by atoms with Gasteiger partial charge < -0.3 is 19.0 Å². The Kier molecular flexibility index (Phi) is 6.06. The van der Waals surface area contributed by atoms with Crippen LogP contribution >= 0.6 is 0 Å². The summed E-state index contributed by atoms with van der Waals surface area (Å²) in [5.74, 6) is 2.41. The number of amides is 2. The number of ether oxygens (including phenoxy) is 1. The molecule has 2 aliphatic heterocycles. The van der Waals surface area contributed by atoms with E-state index in [0.717, 1.165) is 31.7 Å². The molecule has 1 aromatic heterocycles. The molecule has 2 aromatic rings. The number of rotatable bonds is 5. The van der Waals surface area contributed by atoms with E-state index in [4.69, 9.17) is 9.15 Å². The highest BCUT2D eigenvalue weighted by atomic mass is 16.5. The summed E-state index contributed by atoms with van der Waals surface area (Å²) in [7, 11) is 0. The third-order valence-corrected chi connectivity index (χ3v) is 6.52. The maximum Gasteiger partial charge on any atom is 0.291 e. The topological polar surface area (TPSA) is 75.9 Å². The minimum Gasteiger partial charge on any atom is -0.493 e. The van der Waals surface area contributed by atoms with E-state index in [0.29, 0.717) is 48.9 Å². The molecule has 2 amide bonds. The third-order valence-electron chi connectivity index (χ3n) is 6.52. The number of hydrogen-bond acceptors (Lipinski definition) is 5. The fourth-order valence-electron chi connectivity index (χ4n) is 4.77. The van der Waals surface area contributed by atoms with E-state index in [1.807, 2.05) is 40.1 Å². The van der Waals surface area contributed by atoms with E-state index in [2.05, 4.69) is 4.98 Å². The molecule has 1 aromatic carbocycles. The van der Waals surface area contributed by atoms with Crippen molar-refractivity contribution in [2.24, 2.45) is 17.8 Å². The average Bonchev–Trinajstić information content (AvgIpc) is 3.39. The molecule has 160 valence electrons. The van der Waals surface area contributed by atoms with Crippen molar-refractivity contribution in [3.05, 3.63) is 48.2 Å². The van der Waals surface area contributed by atoms with E-state index in [9.17, 15) is 9.59 Å². The second kappa shape index (κ2) is 8.90. The van der Waals surface area contributed by atoms with Crippen molar-refractivity contribution in [2.75, 3.05) is 32.8 Å². The third kappa shape index (κ3) is 4.35. The molecular formula is C23H29N3O4. The molecule has 0 saturated carbocycles. The first kappa shape index (κ1) is 20.4. The first-order valence-electron chi connectivity index (χ1n) is 10.7. The molecule has 0 bridgehead atoms. The molecule has 2 saturated heterocycles. The minimum absolute atomic E-state index is 0.0794.